The number of carbonyl (C=O) groups excluding carboxylic acids is 1. The van der Waals surface area contributed by atoms with Crippen LogP contribution >= 0.6 is 11.6 Å². The highest BCUT2D eigenvalue weighted by atomic mass is 35.5. The zero-order valence-corrected chi connectivity index (χ0v) is 9.71. The first-order valence-electron chi connectivity index (χ1n) is 5.06. The van der Waals surface area contributed by atoms with Crippen molar-refractivity contribution in [1.82, 2.24) is 10.3 Å². The van der Waals surface area contributed by atoms with E-state index in [-0.39, 0.29) is 11.9 Å². The first-order chi connectivity index (χ1) is 7.13. The van der Waals surface area contributed by atoms with E-state index in [1.165, 1.54) is 6.20 Å². The van der Waals surface area contributed by atoms with E-state index < -0.39 is 0 Å². The van der Waals surface area contributed by atoms with Crippen molar-refractivity contribution in [2.45, 2.75) is 32.7 Å². The van der Waals surface area contributed by atoms with Crippen LogP contribution in [0.25, 0.3) is 0 Å². The summed E-state index contributed by atoms with van der Waals surface area (Å²) in [7, 11) is 0. The number of amides is 1. The molecule has 1 amide bonds. The van der Waals surface area contributed by atoms with Gasteiger partial charge in [0.1, 0.15) is 5.69 Å². The summed E-state index contributed by atoms with van der Waals surface area (Å²) in [5, 5.41) is 3.39. The Morgan fingerprint density at radius 3 is 3.00 bits per heavy atom. The minimum Gasteiger partial charge on any atom is -0.348 e. The molecule has 3 nitrogen and oxygen atoms in total. The van der Waals surface area contributed by atoms with Crippen LogP contribution in [-0.2, 0) is 0 Å². The normalized spacial score (nSPS) is 12.2. The zero-order chi connectivity index (χ0) is 11.3. The standard InChI is InChI=1S/C11H15ClN2O/c1-3-4-8(2)14-11(15)10-7-9(12)5-6-13-10/h5-8H,3-4H2,1-2H3,(H,14,15). The average molecular weight is 227 g/mol. The summed E-state index contributed by atoms with van der Waals surface area (Å²) in [6.07, 6.45) is 3.54. The molecule has 0 aliphatic heterocycles. The number of halogens is 1. The topological polar surface area (TPSA) is 42.0 Å². The maximum atomic E-state index is 11.6. The first kappa shape index (κ1) is 12.0. The lowest BCUT2D eigenvalue weighted by molar-refractivity contribution is 0.0933. The van der Waals surface area contributed by atoms with Crippen molar-refractivity contribution in [3.63, 3.8) is 0 Å². The SMILES string of the molecule is CCCC(C)NC(=O)c1cc(Cl)ccn1. The van der Waals surface area contributed by atoms with Crippen LogP contribution in [0.2, 0.25) is 5.02 Å². The molecule has 0 aromatic carbocycles. The van der Waals surface area contributed by atoms with Crippen molar-refractivity contribution in [1.29, 1.82) is 0 Å². The Morgan fingerprint density at radius 1 is 1.67 bits per heavy atom. The molecular formula is C11H15ClN2O. The van der Waals surface area contributed by atoms with Crippen LogP contribution in [0.4, 0.5) is 0 Å². The molecule has 0 saturated heterocycles. The summed E-state index contributed by atoms with van der Waals surface area (Å²) in [5.41, 5.74) is 0.366. The Balaban J connectivity index is 2.61. The molecule has 82 valence electrons. The van der Waals surface area contributed by atoms with Gasteiger partial charge in [0.25, 0.3) is 5.91 Å². The highest BCUT2D eigenvalue weighted by Gasteiger charge is 2.10. The molecule has 1 atom stereocenters. The van der Waals surface area contributed by atoms with Crippen molar-refractivity contribution in [3.8, 4) is 0 Å². The lowest BCUT2D eigenvalue weighted by Gasteiger charge is -2.11. The van der Waals surface area contributed by atoms with E-state index in [2.05, 4.69) is 17.2 Å². The molecule has 1 N–H and O–H groups in total. The Bertz CT molecular complexity index is 341. The van der Waals surface area contributed by atoms with E-state index in [4.69, 9.17) is 11.6 Å². The fourth-order valence-corrected chi connectivity index (χ4v) is 1.49. The molecular weight excluding hydrogens is 212 g/mol. The van der Waals surface area contributed by atoms with Crippen molar-refractivity contribution in [2.24, 2.45) is 0 Å². The van der Waals surface area contributed by atoms with E-state index in [0.717, 1.165) is 12.8 Å². The van der Waals surface area contributed by atoms with E-state index in [9.17, 15) is 4.79 Å². The van der Waals surface area contributed by atoms with E-state index in [1.807, 2.05) is 6.92 Å². The summed E-state index contributed by atoms with van der Waals surface area (Å²) >= 11 is 5.77. The highest BCUT2D eigenvalue weighted by Crippen LogP contribution is 2.08. The summed E-state index contributed by atoms with van der Waals surface area (Å²) in [4.78, 5) is 15.6. The maximum Gasteiger partial charge on any atom is 0.270 e. The van der Waals surface area contributed by atoms with Crippen LogP contribution in [0, 0.1) is 0 Å². The molecule has 1 aromatic heterocycles. The third-order valence-electron chi connectivity index (χ3n) is 2.05. The minimum atomic E-state index is -0.168. The van der Waals surface area contributed by atoms with Crippen LogP contribution < -0.4 is 5.32 Å². The first-order valence-corrected chi connectivity index (χ1v) is 5.43. The number of hydrogen-bond acceptors (Lipinski definition) is 2. The average Bonchev–Trinajstić information content (AvgIpc) is 2.18. The number of aromatic nitrogens is 1. The molecule has 0 radical (unpaired) electrons. The van der Waals surface area contributed by atoms with Crippen molar-refractivity contribution < 1.29 is 4.79 Å². The van der Waals surface area contributed by atoms with Gasteiger partial charge in [-0.25, -0.2) is 0 Å². The van der Waals surface area contributed by atoms with Crippen LogP contribution in [-0.4, -0.2) is 16.9 Å². The van der Waals surface area contributed by atoms with Crippen LogP contribution in [0.5, 0.6) is 0 Å². The second-order valence-corrected chi connectivity index (χ2v) is 3.96. The van der Waals surface area contributed by atoms with Crippen LogP contribution in [0.3, 0.4) is 0 Å². The lowest BCUT2D eigenvalue weighted by atomic mass is 10.2. The molecule has 0 aliphatic carbocycles. The number of rotatable bonds is 4. The van der Waals surface area contributed by atoms with E-state index >= 15 is 0 Å². The molecule has 0 saturated carbocycles. The van der Waals surface area contributed by atoms with Gasteiger partial charge in [-0.15, -0.1) is 0 Å². The number of pyridine rings is 1. The quantitative estimate of drug-likeness (QED) is 0.858. The van der Waals surface area contributed by atoms with Gasteiger partial charge >= 0.3 is 0 Å². The van der Waals surface area contributed by atoms with Gasteiger partial charge in [-0.3, -0.25) is 9.78 Å². The Morgan fingerprint density at radius 2 is 2.40 bits per heavy atom. The Hall–Kier alpha value is -1.09. The molecule has 1 unspecified atom stereocenters. The third-order valence-corrected chi connectivity index (χ3v) is 2.29. The van der Waals surface area contributed by atoms with Gasteiger partial charge in [-0.2, -0.15) is 0 Å². The maximum absolute atomic E-state index is 11.6. The van der Waals surface area contributed by atoms with Crippen molar-refractivity contribution >= 4 is 17.5 Å². The van der Waals surface area contributed by atoms with Gasteiger partial charge in [0.15, 0.2) is 0 Å². The Labute approximate surface area is 94.9 Å². The number of hydrogen-bond donors (Lipinski definition) is 1. The van der Waals surface area contributed by atoms with Crippen molar-refractivity contribution in [3.05, 3.63) is 29.0 Å². The Kier molecular flexibility index (Phi) is 4.56. The predicted molar refractivity (Wildman–Crippen MR) is 61.1 cm³/mol. The van der Waals surface area contributed by atoms with Gasteiger partial charge in [0.2, 0.25) is 0 Å². The smallest absolute Gasteiger partial charge is 0.270 e. The van der Waals surface area contributed by atoms with Crippen molar-refractivity contribution in [2.75, 3.05) is 0 Å². The minimum absolute atomic E-state index is 0.168. The van der Waals surface area contributed by atoms with E-state index in [1.54, 1.807) is 12.1 Å². The second-order valence-electron chi connectivity index (χ2n) is 3.52. The van der Waals surface area contributed by atoms with Gasteiger partial charge < -0.3 is 5.32 Å². The molecule has 1 aromatic rings. The molecule has 0 fully saturated rings. The van der Waals surface area contributed by atoms with Gasteiger partial charge in [-0.1, -0.05) is 24.9 Å². The molecule has 0 spiro atoms. The zero-order valence-electron chi connectivity index (χ0n) is 8.96. The van der Waals surface area contributed by atoms with Crippen LogP contribution in [0.15, 0.2) is 18.3 Å². The third kappa shape index (κ3) is 3.88. The molecule has 1 rings (SSSR count). The largest absolute Gasteiger partial charge is 0.348 e. The summed E-state index contributed by atoms with van der Waals surface area (Å²) in [5.74, 6) is -0.168. The predicted octanol–water partition coefficient (Wildman–Crippen LogP) is 2.65. The number of carbonyl (C=O) groups is 1. The monoisotopic (exact) mass is 226 g/mol. The fraction of sp³-hybridized carbons (Fsp3) is 0.455. The molecule has 0 bridgehead atoms. The molecule has 4 heteroatoms. The lowest BCUT2D eigenvalue weighted by Crippen LogP contribution is -2.32. The van der Waals surface area contributed by atoms with Crippen LogP contribution in [0.1, 0.15) is 37.2 Å². The molecule has 15 heavy (non-hydrogen) atoms. The van der Waals surface area contributed by atoms with Gasteiger partial charge in [0, 0.05) is 17.3 Å². The van der Waals surface area contributed by atoms with Gasteiger partial charge in [-0.05, 0) is 25.5 Å². The highest BCUT2D eigenvalue weighted by molar-refractivity contribution is 6.30. The summed E-state index contributed by atoms with van der Waals surface area (Å²) < 4.78 is 0. The van der Waals surface area contributed by atoms with Gasteiger partial charge in [0.05, 0.1) is 0 Å². The molecule has 1 heterocycles. The number of nitrogens with zero attached hydrogens (tertiary/aromatic N) is 1. The second kappa shape index (κ2) is 5.71. The summed E-state index contributed by atoms with van der Waals surface area (Å²) in [6, 6.07) is 3.38. The summed E-state index contributed by atoms with van der Waals surface area (Å²) in [6.45, 7) is 4.06. The fourth-order valence-electron chi connectivity index (χ4n) is 1.33. The van der Waals surface area contributed by atoms with E-state index in [0.29, 0.717) is 10.7 Å². The number of nitrogens with one attached hydrogen (secondary N) is 1. The molecule has 0 aliphatic rings.